The van der Waals surface area contributed by atoms with Crippen LogP contribution in [0.25, 0.3) is 0 Å². The van der Waals surface area contributed by atoms with Crippen molar-refractivity contribution in [3.8, 4) is 0 Å². The van der Waals surface area contributed by atoms with E-state index in [-0.39, 0.29) is 12.3 Å². The minimum Gasteiger partial charge on any atom is -0.461 e. The molecule has 0 spiro atoms. The summed E-state index contributed by atoms with van der Waals surface area (Å²) >= 11 is 5.46. The molecule has 4 nitrogen and oxygen atoms in total. The van der Waals surface area contributed by atoms with Crippen LogP contribution < -0.4 is 5.43 Å². The second-order valence-electron chi connectivity index (χ2n) is 3.28. The van der Waals surface area contributed by atoms with Crippen molar-refractivity contribution in [2.24, 2.45) is 5.10 Å². The highest BCUT2D eigenvalue weighted by molar-refractivity contribution is 6.82. The van der Waals surface area contributed by atoms with Gasteiger partial charge in [0.15, 0.2) is 0 Å². The first-order valence-electron chi connectivity index (χ1n) is 5.18. The topological polar surface area (TPSA) is 50.7 Å². The van der Waals surface area contributed by atoms with Crippen LogP contribution in [0.3, 0.4) is 0 Å². The summed E-state index contributed by atoms with van der Waals surface area (Å²) in [5, 5.41) is 2.76. The minimum absolute atomic E-state index is 0.0870. The van der Waals surface area contributed by atoms with Crippen molar-refractivity contribution in [2.75, 3.05) is 12.0 Å². The highest BCUT2D eigenvalue weighted by Crippen LogP contribution is 2.34. The normalized spacial score (nSPS) is 12.2. The molecule has 0 aliphatic heterocycles. The fourth-order valence-electron chi connectivity index (χ4n) is 1.17. The van der Waals surface area contributed by atoms with E-state index in [1.807, 2.05) is 0 Å². The maximum absolute atomic E-state index is 12.6. The predicted molar refractivity (Wildman–Crippen MR) is 65.0 cm³/mol. The molecule has 0 aliphatic rings. The molecular weight excluding hydrogens is 285 g/mol. The minimum atomic E-state index is -4.53. The second kappa shape index (κ2) is 6.42. The molecule has 0 heterocycles. The SMILES string of the molecule is CCOC(=O)/C(Cl)=N\Nc1ccccc1C(F)(F)F. The number of hydrogen-bond donors (Lipinski definition) is 1. The first-order valence-corrected chi connectivity index (χ1v) is 5.56. The number of hydrogen-bond acceptors (Lipinski definition) is 4. The summed E-state index contributed by atoms with van der Waals surface area (Å²) in [4.78, 5) is 11.1. The van der Waals surface area contributed by atoms with Gasteiger partial charge in [0.1, 0.15) is 0 Å². The molecule has 0 saturated heterocycles. The number of para-hydroxylation sites is 1. The molecule has 19 heavy (non-hydrogen) atoms. The molecule has 0 amide bonds. The van der Waals surface area contributed by atoms with Crippen LogP contribution in [-0.2, 0) is 15.7 Å². The number of ether oxygens (including phenoxy) is 1. The van der Waals surface area contributed by atoms with Crippen LogP contribution in [0.4, 0.5) is 18.9 Å². The standard InChI is InChI=1S/C11H10ClF3N2O2/c1-2-19-10(18)9(12)17-16-8-6-4-3-5-7(8)11(13,14)15/h3-6,16H,2H2,1H3/b17-9+. The zero-order chi connectivity index (χ0) is 14.5. The number of nitrogens with one attached hydrogen (secondary N) is 1. The molecule has 0 radical (unpaired) electrons. The molecule has 8 heteroatoms. The van der Waals surface area contributed by atoms with E-state index in [0.29, 0.717) is 0 Å². The van der Waals surface area contributed by atoms with Gasteiger partial charge in [-0.1, -0.05) is 23.7 Å². The van der Waals surface area contributed by atoms with Crippen LogP contribution in [0.15, 0.2) is 29.4 Å². The first-order chi connectivity index (χ1) is 8.86. The van der Waals surface area contributed by atoms with Gasteiger partial charge in [0, 0.05) is 0 Å². The van der Waals surface area contributed by atoms with Gasteiger partial charge in [0.2, 0.25) is 5.17 Å². The molecule has 1 aromatic rings. The van der Waals surface area contributed by atoms with Crippen molar-refractivity contribution < 1.29 is 22.7 Å². The Morgan fingerprint density at radius 3 is 2.63 bits per heavy atom. The number of anilines is 1. The van der Waals surface area contributed by atoms with Gasteiger partial charge in [0.25, 0.3) is 0 Å². The van der Waals surface area contributed by atoms with Crippen LogP contribution >= 0.6 is 11.6 Å². The van der Waals surface area contributed by atoms with Crippen molar-refractivity contribution in [3.05, 3.63) is 29.8 Å². The Bertz CT molecular complexity index is 489. The Labute approximate surface area is 112 Å². The number of esters is 1. The zero-order valence-corrected chi connectivity index (χ0v) is 10.5. The van der Waals surface area contributed by atoms with Crippen molar-refractivity contribution in [2.45, 2.75) is 13.1 Å². The lowest BCUT2D eigenvalue weighted by atomic mass is 10.2. The van der Waals surface area contributed by atoms with Crippen molar-refractivity contribution in [3.63, 3.8) is 0 Å². The largest absolute Gasteiger partial charge is 0.461 e. The number of nitrogens with zero attached hydrogens (tertiary/aromatic N) is 1. The molecule has 0 aromatic heterocycles. The van der Waals surface area contributed by atoms with Gasteiger partial charge in [0.05, 0.1) is 17.9 Å². The van der Waals surface area contributed by atoms with E-state index >= 15 is 0 Å². The van der Waals surface area contributed by atoms with Crippen LogP contribution in [0.1, 0.15) is 12.5 Å². The third-order valence-corrected chi connectivity index (χ3v) is 2.19. The third-order valence-electron chi connectivity index (χ3n) is 1.95. The maximum atomic E-state index is 12.6. The number of rotatable bonds is 4. The summed E-state index contributed by atoms with van der Waals surface area (Å²) in [5.41, 5.74) is 0.876. The molecule has 104 valence electrons. The van der Waals surface area contributed by atoms with Gasteiger partial charge < -0.3 is 4.74 Å². The van der Waals surface area contributed by atoms with Gasteiger partial charge in [-0.3, -0.25) is 5.43 Å². The van der Waals surface area contributed by atoms with Gasteiger partial charge in [-0.2, -0.15) is 18.3 Å². The Morgan fingerprint density at radius 2 is 2.05 bits per heavy atom. The van der Waals surface area contributed by atoms with E-state index in [2.05, 4.69) is 15.3 Å². The highest BCUT2D eigenvalue weighted by atomic mass is 35.5. The lowest BCUT2D eigenvalue weighted by Crippen LogP contribution is -2.14. The summed E-state index contributed by atoms with van der Waals surface area (Å²) in [6.45, 7) is 1.65. The van der Waals surface area contributed by atoms with E-state index in [0.717, 1.165) is 6.07 Å². The van der Waals surface area contributed by atoms with Crippen LogP contribution in [0.5, 0.6) is 0 Å². The Morgan fingerprint density at radius 1 is 1.42 bits per heavy atom. The Hall–Kier alpha value is -1.76. The second-order valence-corrected chi connectivity index (χ2v) is 3.64. The molecule has 0 atom stereocenters. The number of benzene rings is 1. The number of carbonyl (C=O) groups is 1. The lowest BCUT2D eigenvalue weighted by molar-refractivity contribution is -0.137. The van der Waals surface area contributed by atoms with Crippen LogP contribution in [-0.4, -0.2) is 17.7 Å². The van der Waals surface area contributed by atoms with Crippen LogP contribution in [0.2, 0.25) is 0 Å². The van der Waals surface area contributed by atoms with Gasteiger partial charge in [-0.05, 0) is 19.1 Å². The quantitative estimate of drug-likeness (QED) is 0.527. The smallest absolute Gasteiger partial charge is 0.418 e. The van der Waals surface area contributed by atoms with Crippen molar-refractivity contribution in [1.82, 2.24) is 0 Å². The Kier molecular flexibility index (Phi) is 5.17. The molecule has 0 bridgehead atoms. The van der Waals surface area contributed by atoms with Gasteiger partial charge in [-0.25, -0.2) is 4.79 Å². The summed E-state index contributed by atoms with van der Waals surface area (Å²) in [7, 11) is 0. The van der Waals surface area contributed by atoms with Gasteiger partial charge >= 0.3 is 12.1 Å². The van der Waals surface area contributed by atoms with E-state index in [1.54, 1.807) is 6.92 Å². The molecular formula is C11H10ClF3N2O2. The fourth-order valence-corrected chi connectivity index (χ4v) is 1.27. The van der Waals surface area contributed by atoms with E-state index in [9.17, 15) is 18.0 Å². The molecule has 0 fully saturated rings. The summed E-state index contributed by atoms with van der Waals surface area (Å²) < 4.78 is 42.4. The molecule has 0 aliphatic carbocycles. The van der Waals surface area contributed by atoms with E-state index in [1.165, 1.54) is 18.2 Å². The monoisotopic (exact) mass is 294 g/mol. The van der Waals surface area contributed by atoms with Crippen LogP contribution in [0, 0.1) is 0 Å². The molecule has 0 saturated carbocycles. The molecule has 0 unspecified atom stereocenters. The molecule has 1 rings (SSSR count). The molecule has 1 N–H and O–H groups in total. The Balaban J connectivity index is 2.89. The maximum Gasteiger partial charge on any atom is 0.418 e. The average molecular weight is 295 g/mol. The fraction of sp³-hybridized carbons (Fsp3) is 0.273. The lowest BCUT2D eigenvalue weighted by Gasteiger charge is -2.11. The van der Waals surface area contributed by atoms with E-state index < -0.39 is 22.9 Å². The number of carbonyl (C=O) groups excluding carboxylic acids is 1. The molecule has 1 aromatic carbocycles. The highest BCUT2D eigenvalue weighted by Gasteiger charge is 2.33. The summed E-state index contributed by atoms with van der Waals surface area (Å²) in [6, 6.07) is 4.69. The first kappa shape index (κ1) is 15.3. The predicted octanol–water partition coefficient (Wildman–Crippen LogP) is 3.23. The average Bonchev–Trinajstić information content (AvgIpc) is 2.35. The summed E-state index contributed by atoms with van der Waals surface area (Å²) in [5.74, 6) is -0.916. The number of halogens is 4. The van der Waals surface area contributed by atoms with Crippen molar-refractivity contribution >= 4 is 28.4 Å². The van der Waals surface area contributed by atoms with Gasteiger partial charge in [-0.15, -0.1) is 0 Å². The summed E-state index contributed by atoms with van der Waals surface area (Å²) in [6.07, 6.45) is -4.53. The third kappa shape index (κ3) is 4.44. The number of hydrazone groups is 1. The van der Waals surface area contributed by atoms with E-state index in [4.69, 9.17) is 11.6 Å². The van der Waals surface area contributed by atoms with Crippen molar-refractivity contribution in [1.29, 1.82) is 0 Å². The zero-order valence-electron chi connectivity index (χ0n) is 9.79. The number of alkyl halides is 3.